The van der Waals surface area contributed by atoms with Gasteiger partial charge in [-0.1, -0.05) is 46.4 Å². The lowest BCUT2D eigenvalue weighted by molar-refractivity contribution is -0.147. The Morgan fingerprint density at radius 3 is 1.72 bits per heavy atom. The number of rotatable bonds is 12. The minimum Gasteiger partial charge on any atom is -0.456 e. The molecule has 3 aromatic carbocycles. The molecular weight excluding hydrogens is 708 g/mol. The Morgan fingerprint density at radius 1 is 0.696 bits per heavy atom. The third kappa shape index (κ3) is 8.12. The first kappa shape index (κ1) is 35.1. The topological polar surface area (TPSA) is 158 Å². The molecule has 0 aliphatic carbocycles. The van der Waals surface area contributed by atoms with Crippen LogP contribution < -0.4 is 0 Å². The van der Waals surface area contributed by atoms with Crippen LogP contribution in [0, 0.1) is 0 Å². The number of carbonyl (C=O) groups is 6. The Bertz CT molecular complexity index is 1910. The van der Waals surface area contributed by atoms with Gasteiger partial charge in [0.15, 0.2) is 24.8 Å². The Kier molecular flexibility index (Phi) is 10.9. The summed E-state index contributed by atoms with van der Waals surface area (Å²) in [6, 6.07) is 9.73. The number of ether oxygens (including phenoxy) is 2. The highest BCUT2D eigenvalue weighted by Gasteiger charge is 2.44. The number of sulfone groups is 1. The van der Waals surface area contributed by atoms with Crippen molar-refractivity contribution >= 4 is 91.6 Å². The van der Waals surface area contributed by atoms with Crippen molar-refractivity contribution < 1.29 is 46.7 Å². The number of fused-ring (bicyclic) bond motifs is 1. The van der Waals surface area contributed by atoms with E-state index >= 15 is 0 Å². The van der Waals surface area contributed by atoms with Gasteiger partial charge in [0.2, 0.25) is 0 Å². The lowest BCUT2D eigenvalue weighted by atomic mass is 10.1. The third-order valence-electron chi connectivity index (χ3n) is 6.66. The van der Waals surface area contributed by atoms with Crippen LogP contribution in [0.2, 0.25) is 20.1 Å². The molecule has 240 valence electrons. The quantitative estimate of drug-likeness (QED) is 0.138. The number of imide groups is 1. The molecule has 0 bridgehead atoms. The molecule has 0 aromatic heterocycles. The van der Waals surface area contributed by atoms with Crippen LogP contribution in [0.25, 0.3) is 0 Å². The van der Waals surface area contributed by atoms with E-state index in [0.717, 1.165) is 18.4 Å². The summed E-state index contributed by atoms with van der Waals surface area (Å²) in [4.78, 5) is 78.1. The van der Waals surface area contributed by atoms with Crippen LogP contribution in [0.3, 0.4) is 0 Å². The van der Waals surface area contributed by atoms with Crippen LogP contribution in [0.5, 0.6) is 0 Å². The molecule has 46 heavy (non-hydrogen) atoms. The maximum Gasteiger partial charge on any atom is 0.338 e. The van der Waals surface area contributed by atoms with Gasteiger partial charge in [-0.15, -0.1) is 0 Å². The molecule has 0 unspecified atom stereocenters. The Balaban J connectivity index is 1.50. The first-order valence-corrected chi connectivity index (χ1v) is 16.6. The van der Waals surface area contributed by atoms with E-state index in [1.807, 2.05) is 0 Å². The van der Waals surface area contributed by atoms with Gasteiger partial charge in [0, 0.05) is 17.4 Å². The average molecular weight is 729 g/mol. The van der Waals surface area contributed by atoms with Crippen LogP contribution in [-0.2, 0) is 24.1 Å². The molecule has 11 nitrogen and oxygen atoms in total. The monoisotopic (exact) mass is 727 g/mol. The summed E-state index contributed by atoms with van der Waals surface area (Å²) < 4.78 is 34.0. The number of benzene rings is 3. The number of esters is 2. The van der Waals surface area contributed by atoms with E-state index in [9.17, 15) is 37.2 Å². The molecule has 0 fully saturated rings. The lowest BCUT2D eigenvalue weighted by Crippen LogP contribution is -2.46. The molecule has 1 heterocycles. The molecule has 0 N–H and O–H groups in total. The molecule has 0 radical (unpaired) electrons. The lowest BCUT2D eigenvalue weighted by Gasteiger charge is -2.24. The summed E-state index contributed by atoms with van der Waals surface area (Å²) in [6.45, 7) is -1.49. The van der Waals surface area contributed by atoms with E-state index in [-0.39, 0.29) is 47.9 Å². The fourth-order valence-corrected chi connectivity index (χ4v) is 5.55. The van der Waals surface area contributed by atoms with Crippen molar-refractivity contribution in [3.05, 3.63) is 103 Å². The molecule has 0 spiro atoms. The molecule has 0 saturated carbocycles. The van der Waals surface area contributed by atoms with E-state index in [1.54, 1.807) is 0 Å². The van der Waals surface area contributed by atoms with E-state index in [4.69, 9.17) is 55.9 Å². The molecule has 2 amide bonds. The fourth-order valence-electron chi connectivity index (χ4n) is 4.30. The highest BCUT2D eigenvalue weighted by molar-refractivity contribution is 7.90. The fraction of sp³-hybridized carbons (Fsp3) is 0.200. The molecular formula is C30H21Cl4NO10S. The average Bonchev–Trinajstić information content (AvgIpc) is 3.25. The Morgan fingerprint density at radius 2 is 1.20 bits per heavy atom. The first-order chi connectivity index (χ1) is 21.6. The van der Waals surface area contributed by atoms with Gasteiger partial charge in [0.05, 0.1) is 42.5 Å². The smallest absolute Gasteiger partial charge is 0.338 e. The zero-order chi connectivity index (χ0) is 33.9. The van der Waals surface area contributed by atoms with Crippen molar-refractivity contribution in [2.24, 2.45) is 0 Å². The zero-order valence-corrected chi connectivity index (χ0v) is 27.4. The number of ketones is 2. The maximum absolute atomic E-state index is 13.4. The Hall–Kier alpha value is -3.81. The molecule has 1 aliphatic heterocycles. The summed E-state index contributed by atoms with van der Waals surface area (Å²) in [7, 11) is -3.68. The summed E-state index contributed by atoms with van der Waals surface area (Å²) in [5.41, 5.74) is -0.449. The van der Waals surface area contributed by atoms with Crippen molar-refractivity contribution in [1.82, 2.24) is 4.90 Å². The van der Waals surface area contributed by atoms with Gasteiger partial charge in [0.1, 0.15) is 15.9 Å². The van der Waals surface area contributed by atoms with Gasteiger partial charge in [-0.2, -0.15) is 0 Å². The van der Waals surface area contributed by atoms with Crippen LogP contribution in [-0.4, -0.2) is 79.9 Å². The summed E-state index contributed by atoms with van der Waals surface area (Å²) in [6.07, 6.45) is 0.367. The number of hydrogen-bond donors (Lipinski definition) is 0. The SMILES string of the molecule is CS(=O)(=O)CC[C@H](C(=O)OCC(=O)c1ccc(Cl)c(Cl)c1)N1C(=O)c2ccc(C(=O)OCC(=O)c3ccc(Cl)c(Cl)c3)cc2C1=O. The standard InChI is InChI=1S/C30H21Cl4NO10S/c1-46(42,43)9-8-24(30(41)45-14-26(37)16-4-7-21(32)23(34)12-16)35-27(38)18-5-2-17(10-19(18)28(35)39)29(40)44-13-25(36)15-3-6-20(31)22(33)11-15/h2-7,10-12,24H,8-9,13-14H2,1H3/t24-/m1/s1. The Labute approximate surface area is 282 Å². The predicted octanol–water partition coefficient (Wildman–Crippen LogP) is 5.17. The van der Waals surface area contributed by atoms with Gasteiger partial charge in [-0.25, -0.2) is 18.0 Å². The molecule has 3 aromatic rings. The molecule has 16 heteroatoms. The van der Waals surface area contributed by atoms with Crippen LogP contribution >= 0.6 is 46.4 Å². The molecule has 0 saturated heterocycles. The second-order valence-corrected chi connectivity index (χ2v) is 13.9. The zero-order valence-electron chi connectivity index (χ0n) is 23.6. The first-order valence-electron chi connectivity index (χ1n) is 13.1. The number of Topliss-reactive ketones (excluding diaryl/α,β-unsaturated/α-hetero) is 2. The van der Waals surface area contributed by atoms with Crippen LogP contribution in [0.4, 0.5) is 0 Å². The number of amides is 2. The second-order valence-electron chi connectivity index (χ2n) is 9.96. The normalized spacial score (nSPS) is 13.3. The summed E-state index contributed by atoms with van der Waals surface area (Å²) in [5, 5.41) is 0.624. The maximum atomic E-state index is 13.4. The van der Waals surface area contributed by atoms with Crippen molar-refractivity contribution in [3.8, 4) is 0 Å². The largest absolute Gasteiger partial charge is 0.456 e. The molecule has 1 atom stereocenters. The number of nitrogens with zero attached hydrogens (tertiary/aromatic N) is 1. The summed E-state index contributed by atoms with van der Waals surface area (Å²) >= 11 is 23.6. The minimum absolute atomic E-state index is 0.0636. The summed E-state index contributed by atoms with van der Waals surface area (Å²) in [5.74, 6) is -6.07. The minimum atomic E-state index is -3.68. The van der Waals surface area contributed by atoms with E-state index in [1.165, 1.54) is 42.5 Å². The van der Waals surface area contributed by atoms with Gasteiger partial charge < -0.3 is 9.47 Å². The number of carbonyl (C=O) groups excluding carboxylic acids is 6. The number of halogens is 4. The number of hydrogen-bond acceptors (Lipinski definition) is 10. The highest BCUT2D eigenvalue weighted by Crippen LogP contribution is 2.29. The predicted molar refractivity (Wildman–Crippen MR) is 168 cm³/mol. The van der Waals surface area contributed by atoms with Crippen molar-refractivity contribution in [1.29, 1.82) is 0 Å². The van der Waals surface area contributed by atoms with E-state index in [0.29, 0.717) is 4.90 Å². The van der Waals surface area contributed by atoms with Gasteiger partial charge in [-0.05, 0) is 61.0 Å². The van der Waals surface area contributed by atoms with E-state index < -0.39 is 76.6 Å². The van der Waals surface area contributed by atoms with Crippen molar-refractivity contribution in [2.45, 2.75) is 12.5 Å². The molecule has 1 aliphatic rings. The van der Waals surface area contributed by atoms with E-state index in [2.05, 4.69) is 0 Å². The highest BCUT2D eigenvalue weighted by atomic mass is 35.5. The second kappa shape index (κ2) is 14.3. The van der Waals surface area contributed by atoms with Crippen molar-refractivity contribution in [2.75, 3.05) is 25.2 Å². The van der Waals surface area contributed by atoms with Gasteiger partial charge in [0.25, 0.3) is 11.8 Å². The van der Waals surface area contributed by atoms with Gasteiger partial charge in [-0.3, -0.25) is 24.1 Å². The third-order valence-corrected chi connectivity index (χ3v) is 9.12. The van der Waals surface area contributed by atoms with Crippen LogP contribution in [0.15, 0.2) is 54.6 Å². The van der Waals surface area contributed by atoms with Gasteiger partial charge >= 0.3 is 11.9 Å². The molecule has 4 rings (SSSR count). The van der Waals surface area contributed by atoms with Crippen molar-refractivity contribution in [3.63, 3.8) is 0 Å². The van der Waals surface area contributed by atoms with Crippen LogP contribution in [0.1, 0.15) is 58.2 Å².